The summed E-state index contributed by atoms with van der Waals surface area (Å²) >= 11 is 7.38. The molecule has 0 fully saturated rings. The molecule has 1 heterocycles. The van der Waals surface area contributed by atoms with Crippen LogP contribution in [0.15, 0.2) is 29.8 Å². The van der Waals surface area contributed by atoms with Crippen molar-refractivity contribution in [1.29, 1.82) is 0 Å². The number of rotatable bonds is 1. The number of phenolic OH excluding ortho intramolecular Hbond substituents is 1. The van der Waals surface area contributed by atoms with E-state index >= 15 is 0 Å². The van der Waals surface area contributed by atoms with E-state index in [2.05, 4.69) is 4.98 Å². The second kappa shape index (κ2) is 3.36. The van der Waals surface area contributed by atoms with E-state index < -0.39 is 0 Å². The van der Waals surface area contributed by atoms with E-state index in [1.165, 1.54) is 11.3 Å². The molecule has 1 aromatic heterocycles. The molecule has 0 amide bonds. The molecule has 1 aromatic carbocycles. The highest BCUT2D eigenvalue weighted by Gasteiger charge is 2.10. The van der Waals surface area contributed by atoms with E-state index in [0.29, 0.717) is 10.6 Å². The predicted molar refractivity (Wildman–Crippen MR) is 54.2 cm³/mol. The zero-order chi connectivity index (χ0) is 9.26. The highest BCUT2D eigenvalue weighted by atomic mass is 35.5. The summed E-state index contributed by atoms with van der Waals surface area (Å²) in [5, 5.41) is 12.7. The predicted octanol–water partition coefficient (Wildman–Crippen LogP) is 3.17. The van der Waals surface area contributed by atoms with Crippen LogP contribution in [0, 0.1) is 0 Å². The van der Waals surface area contributed by atoms with Crippen molar-refractivity contribution in [2.24, 2.45) is 0 Å². The first-order valence-electron chi connectivity index (χ1n) is 3.66. The topological polar surface area (TPSA) is 33.1 Å². The molecule has 0 aliphatic rings. The molecule has 1 N–H and O–H groups in total. The molecule has 0 radical (unpaired) electrons. The number of hydrogen-bond acceptors (Lipinski definition) is 3. The van der Waals surface area contributed by atoms with Gasteiger partial charge in [-0.05, 0) is 12.1 Å². The van der Waals surface area contributed by atoms with Crippen molar-refractivity contribution in [2.45, 2.75) is 0 Å². The Labute approximate surface area is 84.4 Å². The minimum absolute atomic E-state index is 0.169. The lowest BCUT2D eigenvalue weighted by Gasteiger charge is -2.02. The SMILES string of the molecule is Oc1cccc(Cl)c1-c1nccs1. The molecule has 2 aromatic rings. The van der Waals surface area contributed by atoms with E-state index in [9.17, 15) is 5.11 Å². The number of aromatic hydroxyl groups is 1. The second-order valence-electron chi connectivity index (χ2n) is 2.47. The number of phenols is 1. The molecule has 2 nitrogen and oxygen atoms in total. The lowest BCUT2D eigenvalue weighted by atomic mass is 10.2. The highest BCUT2D eigenvalue weighted by Crippen LogP contribution is 2.36. The molecule has 0 spiro atoms. The Hall–Kier alpha value is -1.06. The van der Waals surface area contributed by atoms with Gasteiger partial charge < -0.3 is 5.11 Å². The number of halogens is 1. The first-order valence-corrected chi connectivity index (χ1v) is 4.92. The van der Waals surface area contributed by atoms with Gasteiger partial charge in [-0.3, -0.25) is 0 Å². The number of nitrogens with zero attached hydrogens (tertiary/aromatic N) is 1. The fourth-order valence-corrected chi connectivity index (χ4v) is 2.09. The average Bonchev–Trinajstić information content (AvgIpc) is 2.57. The van der Waals surface area contributed by atoms with E-state index in [-0.39, 0.29) is 5.75 Å². The fourth-order valence-electron chi connectivity index (χ4n) is 1.07. The summed E-state index contributed by atoms with van der Waals surface area (Å²) in [5.74, 6) is 0.169. The molecular weight excluding hydrogens is 206 g/mol. The normalized spacial score (nSPS) is 10.2. The largest absolute Gasteiger partial charge is 0.507 e. The van der Waals surface area contributed by atoms with Gasteiger partial charge in [0.05, 0.1) is 10.6 Å². The lowest BCUT2D eigenvalue weighted by Crippen LogP contribution is -1.78. The Morgan fingerprint density at radius 3 is 2.85 bits per heavy atom. The Kier molecular flexibility index (Phi) is 2.20. The molecule has 0 aliphatic carbocycles. The van der Waals surface area contributed by atoms with Crippen molar-refractivity contribution < 1.29 is 5.11 Å². The monoisotopic (exact) mass is 211 g/mol. The molecule has 0 unspecified atom stereocenters. The molecule has 66 valence electrons. The van der Waals surface area contributed by atoms with Crippen molar-refractivity contribution in [3.8, 4) is 16.3 Å². The Balaban J connectivity index is 2.64. The van der Waals surface area contributed by atoms with E-state index in [0.717, 1.165) is 5.01 Å². The zero-order valence-corrected chi connectivity index (χ0v) is 8.14. The van der Waals surface area contributed by atoms with Crippen molar-refractivity contribution >= 4 is 22.9 Å². The van der Waals surface area contributed by atoms with Crippen molar-refractivity contribution in [2.75, 3.05) is 0 Å². The van der Waals surface area contributed by atoms with Gasteiger partial charge in [-0.25, -0.2) is 4.98 Å². The highest BCUT2D eigenvalue weighted by molar-refractivity contribution is 7.13. The van der Waals surface area contributed by atoms with Crippen molar-refractivity contribution in [3.63, 3.8) is 0 Å². The van der Waals surface area contributed by atoms with Crippen LogP contribution < -0.4 is 0 Å². The third-order valence-electron chi connectivity index (χ3n) is 1.64. The molecule has 0 saturated carbocycles. The fraction of sp³-hybridized carbons (Fsp3) is 0. The standard InChI is InChI=1S/C9H6ClNOS/c10-6-2-1-3-7(12)8(6)9-11-4-5-13-9/h1-5,12H. The molecule has 0 atom stereocenters. The summed E-state index contributed by atoms with van der Waals surface area (Å²) < 4.78 is 0. The maximum atomic E-state index is 9.55. The summed E-state index contributed by atoms with van der Waals surface area (Å²) in [6.45, 7) is 0. The Morgan fingerprint density at radius 2 is 2.23 bits per heavy atom. The third-order valence-corrected chi connectivity index (χ3v) is 2.74. The molecule has 13 heavy (non-hydrogen) atoms. The summed E-state index contributed by atoms with van der Waals surface area (Å²) in [6.07, 6.45) is 1.68. The van der Waals surface area contributed by atoms with E-state index in [1.54, 1.807) is 24.4 Å². The molecule has 0 bridgehead atoms. The maximum absolute atomic E-state index is 9.55. The summed E-state index contributed by atoms with van der Waals surface area (Å²) in [6, 6.07) is 5.04. The molecule has 0 saturated heterocycles. The Bertz CT molecular complexity index is 393. The molecule has 2 rings (SSSR count). The summed E-state index contributed by atoms with van der Waals surface area (Å²) in [7, 11) is 0. The van der Waals surface area contributed by atoms with Gasteiger partial charge in [-0.1, -0.05) is 17.7 Å². The van der Waals surface area contributed by atoms with Gasteiger partial charge in [0.25, 0.3) is 0 Å². The average molecular weight is 212 g/mol. The summed E-state index contributed by atoms with van der Waals surface area (Å²) in [5.41, 5.74) is 0.610. The van der Waals surface area contributed by atoms with Gasteiger partial charge in [0.2, 0.25) is 0 Å². The van der Waals surface area contributed by atoms with E-state index in [4.69, 9.17) is 11.6 Å². The van der Waals surface area contributed by atoms with Crippen LogP contribution in [0.3, 0.4) is 0 Å². The van der Waals surface area contributed by atoms with E-state index in [1.807, 2.05) is 5.38 Å². The maximum Gasteiger partial charge on any atom is 0.128 e. The van der Waals surface area contributed by atoms with Crippen LogP contribution in [0.5, 0.6) is 5.75 Å². The third kappa shape index (κ3) is 1.53. The van der Waals surface area contributed by atoms with Gasteiger partial charge in [-0.2, -0.15) is 0 Å². The van der Waals surface area contributed by atoms with Crippen LogP contribution in [0.25, 0.3) is 10.6 Å². The van der Waals surface area contributed by atoms with Gasteiger partial charge in [0, 0.05) is 11.6 Å². The lowest BCUT2D eigenvalue weighted by molar-refractivity contribution is 0.477. The smallest absolute Gasteiger partial charge is 0.128 e. The first kappa shape index (κ1) is 8.53. The van der Waals surface area contributed by atoms with Gasteiger partial charge in [0.1, 0.15) is 10.8 Å². The van der Waals surface area contributed by atoms with Crippen LogP contribution >= 0.6 is 22.9 Å². The van der Waals surface area contributed by atoms with Crippen molar-refractivity contribution in [3.05, 3.63) is 34.8 Å². The number of thiazole rings is 1. The van der Waals surface area contributed by atoms with Crippen LogP contribution in [0.4, 0.5) is 0 Å². The number of aromatic nitrogens is 1. The number of hydrogen-bond donors (Lipinski definition) is 1. The molecule has 0 aliphatic heterocycles. The Morgan fingerprint density at radius 1 is 1.38 bits per heavy atom. The van der Waals surface area contributed by atoms with Crippen LogP contribution in [-0.4, -0.2) is 10.1 Å². The van der Waals surface area contributed by atoms with Crippen LogP contribution in [0.2, 0.25) is 5.02 Å². The summed E-state index contributed by atoms with van der Waals surface area (Å²) in [4.78, 5) is 4.08. The minimum Gasteiger partial charge on any atom is -0.507 e. The second-order valence-corrected chi connectivity index (χ2v) is 3.77. The van der Waals surface area contributed by atoms with Gasteiger partial charge in [0.15, 0.2) is 0 Å². The van der Waals surface area contributed by atoms with Crippen LogP contribution in [-0.2, 0) is 0 Å². The molecular formula is C9H6ClNOS. The number of benzene rings is 1. The quantitative estimate of drug-likeness (QED) is 0.786. The minimum atomic E-state index is 0.169. The first-order chi connectivity index (χ1) is 6.29. The van der Waals surface area contributed by atoms with Gasteiger partial charge in [-0.15, -0.1) is 11.3 Å². The van der Waals surface area contributed by atoms with Crippen LogP contribution in [0.1, 0.15) is 0 Å². The van der Waals surface area contributed by atoms with Crippen molar-refractivity contribution in [1.82, 2.24) is 4.98 Å². The van der Waals surface area contributed by atoms with Gasteiger partial charge >= 0.3 is 0 Å². The molecule has 4 heteroatoms. The zero-order valence-electron chi connectivity index (χ0n) is 6.57.